The van der Waals surface area contributed by atoms with Crippen molar-refractivity contribution in [2.24, 2.45) is 0 Å². The van der Waals surface area contributed by atoms with Crippen LogP contribution >= 0.6 is 0 Å². The van der Waals surface area contributed by atoms with Crippen molar-refractivity contribution in [3.63, 3.8) is 0 Å². The van der Waals surface area contributed by atoms with Crippen molar-refractivity contribution < 1.29 is 5.11 Å². The van der Waals surface area contributed by atoms with Crippen LogP contribution < -0.4 is 0 Å². The summed E-state index contributed by atoms with van der Waals surface area (Å²) < 4.78 is 0. The quantitative estimate of drug-likeness (QED) is 0.785. The van der Waals surface area contributed by atoms with Gasteiger partial charge in [0, 0.05) is 19.7 Å². The predicted octanol–water partition coefficient (Wildman–Crippen LogP) is 2.03. The van der Waals surface area contributed by atoms with Crippen LogP contribution in [0.4, 0.5) is 0 Å². The summed E-state index contributed by atoms with van der Waals surface area (Å²) >= 11 is 0. The highest BCUT2D eigenvalue weighted by Crippen LogP contribution is 2.15. The van der Waals surface area contributed by atoms with Crippen LogP contribution in [-0.2, 0) is 13.0 Å². The van der Waals surface area contributed by atoms with E-state index in [0.717, 1.165) is 19.5 Å². The van der Waals surface area contributed by atoms with E-state index in [1.165, 1.54) is 16.7 Å². The van der Waals surface area contributed by atoms with Gasteiger partial charge in [-0.1, -0.05) is 60.2 Å². The number of aliphatic hydroxyl groups is 1. The Bertz CT molecular complexity index is 544. The minimum absolute atomic E-state index is 0.202. The van der Waals surface area contributed by atoms with Crippen molar-refractivity contribution in [1.82, 2.24) is 4.90 Å². The van der Waals surface area contributed by atoms with Crippen molar-refractivity contribution in [3.8, 4) is 0 Å². The SMILES string of the molecule is BC(CO)c1cccc(CN(C)CCc2ccccc2)c1. The molecule has 2 rings (SSSR count). The topological polar surface area (TPSA) is 23.5 Å². The number of benzene rings is 2. The van der Waals surface area contributed by atoms with E-state index in [2.05, 4.69) is 74.4 Å². The largest absolute Gasteiger partial charge is 0.396 e. The van der Waals surface area contributed by atoms with Gasteiger partial charge in [0.25, 0.3) is 0 Å². The van der Waals surface area contributed by atoms with E-state index in [1.54, 1.807) is 0 Å². The lowest BCUT2D eigenvalue weighted by atomic mass is 9.81. The molecule has 0 saturated heterocycles. The van der Waals surface area contributed by atoms with Crippen molar-refractivity contribution >= 4 is 7.85 Å². The molecule has 110 valence electrons. The Balaban J connectivity index is 1.89. The third-order valence-corrected chi connectivity index (χ3v) is 3.87. The zero-order valence-corrected chi connectivity index (χ0v) is 13.0. The zero-order chi connectivity index (χ0) is 15.1. The molecule has 0 radical (unpaired) electrons. The number of nitrogens with zero attached hydrogens (tertiary/aromatic N) is 1. The fourth-order valence-electron chi connectivity index (χ4n) is 2.46. The Labute approximate surface area is 128 Å². The first-order chi connectivity index (χ1) is 10.2. The van der Waals surface area contributed by atoms with Gasteiger partial charge in [0.05, 0.1) is 0 Å². The summed E-state index contributed by atoms with van der Waals surface area (Å²) in [5.41, 5.74) is 3.90. The van der Waals surface area contributed by atoms with Crippen molar-refractivity contribution in [3.05, 3.63) is 71.3 Å². The first-order valence-electron chi connectivity index (χ1n) is 7.61. The second-order valence-corrected chi connectivity index (χ2v) is 5.80. The molecular weight excluding hydrogens is 257 g/mol. The van der Waals surface area contributed by atoms with Gasteiger partial charge >= 0.3 is 0 Å². The lowest BCUT2D eigenvalue weighted by Gasteiger charge is -2.18. The third kappa shape index (κ3) is 5.03. The van der Waals surface area contributed by atoms with Crippen molar-refractivity contribution in [2.45, 2.75) is 18.8 Å². The summed E-state index contributed by atoms with van der Waals surface area (Å²) in [7, 11) is 4.21. The molecule has 0 aliphatic rings. The van der Waals surface area contributed by atoms with Gasteiger partial charge in [0.1, 0.15) is 7.85 Å². The molecular formula is C18H24BNO. The van der Waals surface area contributed by atoms with Gasteiger partial charge in [-0.25, -0.2) is 0 Å². The molecule has 1 atom stereocenters. The molecule has 0 heterocycles. The lowest BCUT2D eigenvalue weighted by Crippen LogP contribution is -2.20. The van der Waals surface area contributed by atoms with Gasteiger partial charge < -0.3 is 10.0 Å². The molecule has 0 aromatic heterocycles. The average Bonchev–Trinajstić information content (AvgIpc) is 2.53. The second-order valence-electron chi connectivity index (χ2n) is 5.80. The third-order valence-electron chi connectivity index (χ3n) is 3.87. The molecule has 1 unspecified atom stereocenters. The fraction of sp³-hybridized carbons (Fsp3) is 0.333. The Morgan fingerprint density at radius 3 is 2.48 bits per heavy atom. The number of rotatable bonds is 7. The van der Waals surface area contributed by atoms with Crippen LogP contribution in [0.1, 0.15) is 22.5 Å². The van der Waals surface area contributed by atoms with E-state index >= 15 is 0 Å². The van der Waals surface area contributed by atoms with Crippen LogP contribution in [0.3, 0.4) is 0 Å². The lowest BCUT2D eigenvalue weighted by molar-refractivity contribution is 0.293. The van der Waals surface area contributed by atoms with Gasteiger partial charge in [-0.15, -0.1) is 0 Å². The maximum atomic E-state index is 9.26. The number of likely N-dealkylation sites (N-methyl/N-ethyl adjacent to an activating group) is 1. The molecule has 2 aromatic rings. The van der Waals surface area contributed by atoms with Crippen LogP contribution in [0.15, 0.2) is 54.6 Å². The Kier molecular flexibility index (Phi) is 6.03. The van der Waals surface area contributed by atoms with E-state index in [0.29, 0.717) is 0 Å². The first-order valence-corrected chi connectivity index (χ1v) is 7.61. The zero-order valence-electron chi connectivity index (χ0n) is 13.0. The normalized spacial score (nSPS) is 12.5. The van der Waals surface area contributed by atoms with Crippen molar-refractivity contribution in [1.29, 1.82) is 0 Å². The molecule has 3 heteroatoms. The van der Waals surface area contributed by atoms with Crippen LogP contribution in [0, 0.1) is 0 Å². The minimum Gasteiger partial charge on any atom is -0.396 e. The molecule has 0 spiro atoms. The smallest absolute Gasteiger partial charge is 0.114 e. The Morgan fingerprint density at radius 1 is 1.05 bits per heavy atom. The molecule has 0 aliphatic heterocycles. The van der Waals surface area contributed by atoms with Crippen LogP contribution in [0.25, 0.3) is 0 Å². The van der Waals surface area contributed by atoms with Gasteiger partial charge in [0.2, 0.25) is 0 Å². The second kappa shape index (κ2) is 8.01. The molecule has 0 aliphatic carbocycles. The Morgan fingerprint density at radius 2 is 1.76 bits per heavy atom. The molecule has 1 N–H and O–H groups in total. The summed E-state index contributed by atoms with van der Waals surface area (Å²) in [6.45, 7) is 2.19. The van der Waals surface area contributed by atoms with Crippen molar-refractivity contribution in [2.75, 3.05) is 20.2 Å². The monoisotopic (exact) mass is 281 g/mol. The predicted molar refractivity (Wildman–Crippen MR) is 91.3 cm³/mol. The van der Waals surface area contributed by atoms with Crippen LogP contribution in [0.5, 0.6) is 0 Å². The molecule has 0 fully saturated rings. The van der Waals surface area contributed by atoms with E-state index in [-0.39, 0.29) is 12.4 Å². The summed E-state index contributed by atoms with van der Waals surface area (Å²) in [4.78, 5) is 2.34. The van der Waals surface area contributed by atoms with Crippen LogP contribution in [0.2, 0.25) is 0 Å². The van der Waals surface area contributed by atoms with E-state index in [9.17, 15) is 5.11 Å². The molecule has 21 heavy (non-hydrogen) atoms. The fourth-order valence-corrected chi connectivity index (χ4v) is 2.46. The van der Waals surface area contributed by atoms with Gasteiger partial charge in [-0.2, -0.15) is 0 Å². The Hall–Kier alpha value is -1.58. The highest BCUT2D eigenvalue weighted by Gasteiger charge is 2.06. The molecule has 2 aromatic carbocycles. The number of aliphatic hydroxyl groups excluding tert-OH is 1. The number of hydrogen-bond acceptors (Lipinski definition) is 2. The summed E-state index contributed by atoms with van der Waals surface area (Å²) in [6, 6.07) is 19.1. The standard InChI is InChI=1S/C18H24BNO/c1-20(11-10-15-6-3-2-4-7-15)13-16-8-5-9-17(12-16)18(19)14-21/h2-9,12,18,21H,10-11,13-14,19H2,1H3. The van der Waals surface area contributed by atoms with Gasteiger partial charge in [-0.05, 0) is 30.4 Å². The van der Waals surface area contributed by atoms with Crippen LogP contribution in [-0.4, -0.2) is 38.1 Å². The summed E-state index contributed by atoms with van der Waals surface area (Å²) in [6.07, 6.45) is 1.07. The molecule has 2 nitrogen and oxygen atoms in total. The number of hydrogen-bond donors (Lipinski definition) is 1. The summed E-state index contributed by atoms with van der Waals surface area (Å²) in [5.74, 6) is 0.208. The average molecular weight is 281 g/mol. The first kappa shape index (κ1) is 15.8. The highest BCUT2D eigenvalue weighted by molar-refractivity contribution is 6.12. The van der Waals surface area contributed by atoms with E-state index in [4.69, 9.17) is 0 Å². The molecule has 0 amide bonds. The maximum Gasteiger partial charge on any atom is 0.114 e. The summed E-state index contributed by atoms with van der Waals surface area (Å²) in [5, 5.41) is 9.26. The molecule has 0 bridgehead atoms. The van der Waals surface area contributed by atoms with Gasteiger partial charge in [0.15, 0.2) is 0 Å². The highest BCUT2D eigenvalue weighted by atomic mass is 16.3. The van der Waals surface area contributed by atoms with E-state index < -0.39 is 0 Å². The van der Waals surface area contributed by atoms with Gasteiger partial charge in [-0.3, -0.25) is 0 Å². The molecule has 0 saturated carbocycles. The minimum atomic E-state index is 0.202. The van der Waals surface area contributed by atoms with E-state index in [1.807, 2.05) is 0 Å². The maximum absolute atomic E-state index is 9.26.